The van der Waals surface area contributed by atoms with E-state index in [1.165, 1.54) is 22.3 Å². The summed E-state index contributed by atoms with van der Waals surface area (Å²) in [4.78, 5) is 2.36. The van der Waals surface area contributed by atoms with Crippen LogP contribution in [0.5, 0.6) is 0 Å². The number of sulfone groups is 1. The second-order valence-corrected chi connectivity index (χ2v) is 9.65. The Balaban J connectivity index is 1.73. The van der Waals surface area contributed by atoms with E-state index in [4.69, 9.17) is 0 Å². The van der Waals surface area contributed by atoms with E-state index in [-0.39, 0.29) is 5.75 Å². The highest BCUT2D eigenvalue weighted by molar-refractivity contribution is 7.90. The molecule has 0 saturated heterocycles. The monoisotopic (exact) mass is 377 g/mol. The number of hydrogen-bond acceptors (Lipinski definition) is 5. The molecule has 1 N–H and O–H groups in total. The Kier molecular flexibility index (Phi) is 5.23. The molecule has 26 heavy (non-hydrogen) atoms. The van der Waals surface area contributed by atoms with Crippen LogP contribution in [0.3, 0.4) is 0 Å². The summed E-state index contributed by atoms with van der Waals surface area (Å²) < 4.78 is 24.7. The van der Waals surface area contributed by atoms with Gasteiger partial charge in [0, 0.05) is 25.9 Å². The van der Waals surface area contributed by atoms with Gasteiger partial charge in [-0.05, 0) is 49.1 Å². The van der Waals surface area contributed by atoms with Crippen LogP contribution >= 0.6 is 0 Å². The van der Waals surface area contributed by atoms with Gasteiger partial charge in [-0.3, -0.25) is 9.58 Å². The van der Waals surface area contributed by atoms with Crippen molar-refractivity contribution in [3.05, 3.63) is 51.8 Å². The topological polar surface area (TPSA) is 75.4 Å². The molecule has 1 aliphatic rings. The summed E-state index contributed by atoms with van der Waals surface area (Å²) in [7, 11) is -3.25. The van der Waals surface area contributed by atoms with Crippen LogP contribution in [0, 0.1) is 20.8 Å². The first-order chi connectivity index (χ1) is 12.1. The predicted molar refractivity (Wildman–Crippen MR) is 102 cm³/mol. The summed E-state index contributed by atoms with van der Waals surface area (Å²) in [6.07, 6.45) is 0.0540. The van der Waals surface area contributed by atoms with Gasteiger partial charge in [0.15, 0.2) is 0 Å². The number of benzene rings is 1. The molecular formula is C19H27N3O3S. The van der Waals surface area contributed by atoms with Gasteiger partial charge < -0.3 is 5.11 Å². The summed E-state index contributed by atoms with van der Waals surface area (Å²) in [6, 6.07) is 6.33. The number of aryl methyl sites for hydroxylation is 3. The standard InChI is InChI=1S/C19H27N3O3S/c1-13-7-15(3)16(8-14(13)2)10-21-5-6-22-17(11-21)9-18(20-22)19(23)12-26(4,24)25/h7-9,19,23H,5-6,10-12H2,1-4H3/t19-/m0/s1. The molecule has 6 nitrogen and oxygen atoms in total. The summed E-state index contributed by atoms with van der Waals surface area (Å²) in [5.41, 5.74) is 6.70. The maximum absolute atomic E-state index is 11.4. The minimum Gasteiger partial charge on any atom is -0.386 e. The van der Waals surface area contributed by atoms with Crippen LogP contribution in [-0.2, 0) is 29.5 Å². The van der Waals surface area contributed by atoms with Gasteiger partial charge in [0.1, 0.15) is 15.9 Å². The second kappa shape index (κ2) is 7.13. The summed E-state index contributed by atoms with van der Waals surface area (Å²) >= 11 is 0. The molecule has 142 valence electrons. The highest BCUT2D eigenvalue weighted by atomic mass is 32.2. The van der Waals surface area contributed by atoms with Gasteiger partial charge in [0.25, 0.3) is 0 Å². The lowest BCUT2D eigenvalue weighted by atomic mass is 10.0. The Labute approximate surface area is 155 Å². The molecule has 0 saturated carbocycles. The molecule has 1 aliphatic heterocycles. The van der Waals surface area contributed by atoms with Crippen molar-refractivity contribution in [3.63, 3.8) is 0 Å². The Morgan fingerprint density at radius 3 is 2.50 bits per heavy atom. The Morgan fingerprint density at radius 2 is 1.81 bits per heavy atom. The molecule has 1 aromatic heterocycles. The van der Waals surface area contributed by atoms with Crippen LogP contribution in [0.4, 0.5) is 0 Å². The number of aliphatic hydroxyl groups is 1. The van der Waals surface area contributed by atoms with Gasteiger partial charge in [-0.2, -0.15) is 5.10 Å². The second-order valence-electron chi connectivity index (χ2n) is 7.47. The van der Waals surface area contributed by atoms with Crippen molar-refractivity contribution in [1.29, 1.82) is 0 Å². The van der Waals surface area contributed by atoms with E-state index >= 15 is 0 Å². The molecule has 2 heterocycles. The smallest absolute Gasteiger partial charge is 0.150 e. The molecular weight excluding hydrogens is 350 g/mol. The number of hydrogen-bond donors (Lipinski definition) is 1. The highest BCUT2D eigenvalue weighted by Crippen LogP contribution is 2.22. The Bertz CT molecular complexity index is 918. The summed E-state index contributed by atoms with van der Waals surface area (Å²) in [6.45, 7) is 9.65. The first-order valence-electron chi connectivity index (χ1n) is 8.84. The molecule has 0 amide bonds. The third-order valence-corrected chi connectivity index (χ3v) is 5.97. The lowest BCUT2D eigenvalue weighted by Gasteiger charge is -2.28. The van der Waals surface area contributed by atoms with E-state index in [1.807, 2.05) is 10.7 Å². The Morgan fingerprint density at radius 1 is 1.12 bits per heavy atom. The summed E-state index contributed by atoms with van der Waals surface area (Å²) in [5.74, 6) is -0.297. The van der Waals surface area contributed by atoms with E-state index in [9.17, 15) is 13.5 Å². The maximum Gasteiger partial charge on any atom is 0.150 e. The van der Waals surface area contributed by atoms with Crippen molar-refractivity contribution in [2.75, 3.05) is 18.6 Å². The van der Waals surface area contributed by atoms with E-state index in [0.29, 0.717) is 5.69 Å². The molecule has 0 unspecified atom stereocenters. The average molecular weight is 378 g/mol. The van der Waals surface area contributed by atoms with Crippen molar-refractivity contribution in [2.24, 2.45) is 0 Å². The minimum absolute atomic E-state index is 0.297. The van der Waals surface area contributed by atoms with Gasteiger partial charge in [-0.15, -0.1) is 0 Å². The van der Waals surface area contributed by atoms with Crippen LogP contribution in [0.1, 0.15) is 39.7 Å². The highest BCUT2D eigenvalue weighted by Gasteiger charge is 2.23. The lowest BCUT2D eigenvalue weighted by Crippen LogP contribution is -2.33. The fraction of sp³-hybridized carbons (Fsp3) is 0.526. The number of aliphatic hydroxyl groups excluding tert-OH is 1. The zero-order valence-electron chi connectivity index (χ0n) is 15.9. The van der Waals surface area contributed by atoms with Crippen LogP contribution < -0.4 is 0 Å². The van der Waals surface area contributed by atoms with E-state index in [2.05, 4.69) is 42.9 Å². The zero-order valence-corrected chi connectivity index (χ0v) is 16.7. The van der Waals surface area contributed by atoms with E-state index in [1.54, 1.807) is 0 Å². The fourth-order valence-corrected chi connectivity index (χ4v) is 4.19. The van der Waals surface area contributed by atoms with Crippen LogP contribution in [0.15, 0.2) is 18.2 Å². The number of rotatable bonds is 5. The minimum atomic E-state index is -3.25. The number of aromatic nitrogens is 2. The molecule has 0 spiro atoms. The van der Waals surface area contributed by atoms with E-state index in [0.717, 1.165) is 38.1 Å². The summed E-state index contributed by atoms with van der Waals surface area (Å²) in [5, 5.41) is 14.5. The molecule has 3 rings (SSSR count). The quantitative estimate of drug-likeness (QED) is 0.861. The first-order valence-corrected chi connectivity index (χ1v) is 10.9. The van der Waals surface area contributed by atoms with Crippen molar-refractivity contribution in [1.82, 2.24) is 14.7 Å². The largest absolute Gasteiger partial charge is 0.386 e. The van der Waals surface area contributed by atoms with Gasteiger partial charge >= 0.3 is 0 Å². The molecule has 1 aromatic carbocycles. The predicted octanol–water partition coefficient (Wildman–Crippen LogP) is 1.90. The molecule has 0 bridgehead atoms. The average Bonchev–Trinajstić information content (AvgIpc) is 2.94. The van der Waals surface area contributed by atoms with E-state index < -0.39 is 15.9 Å². The van der Waals surface area contributed by atoms with Crippen molar-refractivity contribution < 1.29 is 13.5 Å². The SMILES string of the molecule is Cc1cc(C)c(CN2CCn3nc([C@@H](O)CS(C)(=O)=O)cc3C2)cc1C. The van der Waals surface area contributed by atoms with Crippen LogP contribution in [0.2, 0.25) is 0 Å². The number of fused-ring (bicyclic) bond motifs is 1. The molecule has 2 aromatic rings. The first kappa shape index (κ1) is 19.1. The zero-order chi connectivity index (χ0) is 19.1. The molecule has 0 aliphatic carbocycles. The fourth-order valence-electron chi connectivity index (χ4n) is 3.44. The lowest BCUT2D eigenvalue weighted by molar-refractivity contribution is 0.191. The maximum atomic E-state index is 11.4. The normalized spacial score (nSPS) is 16.5. The van der Waals surface area contributed by atoms with Crippen molar-refractivity contribution in [2.45, 2.75) is 46.5 Å². The third-order valence-electron chi connectivity index (χ3n) is 5.04. The van der Waals surface area contributed by atoms with Gasteiger partial charge in [-0.1, -0.05) is 12.1 Å². The van der Waals surface area contributed by atoms with Crippen molar-refractivity contribution >= 4 is 9.84 Å². The van der Waals surface area contributed by atoms with Gasteiger partial charge in [0.2, 0.25) is 0 Å². The van der Waals surface area contributed by atoms with Gasteiger partial charge in [-0.25, -0.2) is 8.42 Å². The molecule has 1 atom stereocenters. The molecule has 0 radical (unpaired) electrons. The molecule has 0 fully saturated rings. The Hall–Kier alpha value is -1.70. The molecule has 7 heteroatoms. The number of nitrogens with zero attached hydrogens (tertiary/aromatic N) is 3. The van der Waals surface area contributed by atoms with Crippen LogP contribution in [0.25, 0.3) is 0 Å². The van der Waals surface area contributed by atoms with Crippen LogP contribution in [-0.4, -0.2) is 46.8 Å². The van der Waals surface area contributed by atoms with Crippen molar-refractivity contribution in [3.8, 4) is 0 Å². The third kappa shape index (κ3) is 4.34. The van der Waals surface area contributed by atoms with Gasteiger partial charge in [0.05, 0.1) is 23.7 Å².